The minimum atomic E-state index is -0.0284. The quantitative estimate of drug-likeness (QED) is 0.864. The number of imidazole rings is 1. The van der Waals surface area contributed by atoms with Crippen LogP contribution in [-0.2, 0) is 11.3 Å². The fourth-order valence-electron chi connectivity index (χ4n) is 2.45. The van der Waals surface area contributed by atoms with Gasteiger partial charge in [-0.05, 0) is 37.9 Å². The first-order chi connectivity index (χ1) is 9.22. The zero-order valence-electron chi connectivity index (χ0n) is 11.0. The molecule has 5 nitrogen and oxygen atoms in total. The van der Waals surface area contributed by atoms with Crippen LogP contribution in [0.25, 0.3) is 5.65 Å². The lowest BCUT2D eigenvalue weighted by molar-refractivity contribution is -0.122. The fraction of sp³-hybridized carbons (Fsp3) is 0.429. The van der Waals surface area contributed by atoms with E-state index in [9.17, 15) is 4.79 Å². The Balaban J connectivity index is 1.66. The molecule has 3 rings (SSSR count). The summed E-state index contributed by atoms with van der Waals surface area (Å²) in [5, 5.41) is 6.13. The molecule has 0 bridgehead atoms. The molecule has 2 aromatic rings. The van der Waals surface area contributed by atoms with Gasteiger partial charge >= 0.3 is 0 Å². The molecule has 2 aromatic heterocycles. The van der Waals surface area contributed by atoms with Crippen molar-refractivity contribution in [3.8, 4) is 0 Å². The third-order valence-corrected chi connectivity index (χ3v) is 3.47. The Morgan fingerprint density at radius 2 is 2.42 bits per heavy atom. The Labute approximate surface area is 112 Å². The summed E-state index contributed by atoms with van der Waals surface area (Å²) in [7, 11) is 0. The Hall–Kier alpha value is -1.88. The van der Waals surface area contributed by atoms with E-state index in [-0.39, 0.29) is 11.9 Å². The van der Waals surface area contributed by atoms with Gasteiger partial charge in [0.25, 0.3) is 0 Å². The van der Waals surface area contributed by atoms with Crippen molar-refractivity contribution in [3.63, 3.8) is 0 Å². The van der Waals surface area contributed by atoms with Gasteiger partial charge in [-0.1, -0.05) is 6.07 Å². The minimum absolute atomic E-state index is 0.0284. The lowest BCUT2D eigenvalue weighted by Crippen LogP contribution is -2.40. The van der Waals surface area contributed by atoms with E-state index >= 15 is 0 Å². The SMILES string of the molecule is Cc1ccc2nc(CNC(=O)C3CCCN3)cn2c1. The van der Waals surface area contributed by atoms with Crippen LogP contribution in [0.1, 0.15) is 24.1 Å². The molecule has 3 heterocycles. The standard InChI is InChI=1S/C14H18N4O/c1-10-4-5-13-17-11(9-18(13)8-10)7-16-14(19)12-3-2-6-15-12/h4-5,8-9,12,15H,2-3,6-7H2,1H3,(H,16,19). The first-order valence-corrected chi connectivity index (χ1v) is 6.68. The van der Waals surface area contributed by atoms with Crippen molar-refractivity contribution in [1.29, 1.82) is 0 Å². The molecular formula is C14H18N4O. The number of carbonyl (C=O) groups is 1. The van der Waals surface area contributed by atoms with Crippen LogP contribution in [0.15, 0.2) is 24.5 Å². The molecule has 1 fully saturated rings. The Kier molecular flexibility index (Phi) is 3.21. The summed E-state index contributed by atoms with van der Waals surface area (Å²) in [6.45, 7) is 3.47. The first-order valence-electron chi connectivity index (χ1n) is 6.68. The molecule has 1 amide bonds. The largest absolute Gasteiger partial charge is 0.349 e. The van der Waals surface area contributed by atoms with Crippen molar-refractivity contribution in [2.75, 3.05) is 6.54 Å². The van der Waals surface area contributed by atoms with Crippen molar-refractivity contribution in [1.82, 2.24) is 20.0 Å². The third kappa shape index (κ3) is 2.61. The van der Waals surface area contributed by atoms with Crippen LogP contribution in [-0.4, -0.2) is 27.9 Å². The van der Waals surface area contributed by atoms with Gasteiger partial charge in [0.15, 0.2) is 0 Å². The van der Waals surface area contributed by atoms with Crippen LogP contribution >= 0.6 is 0 Å². The lowest BCUT2D eigenvalue weighted by Gasteiger charge is -2.09. The van der Waals surface area contributed by atoms with E-state index in [0.717, 1.165) is 30.7 Å². The normalized spacial score (nSPS) is 18.9. The second kappa shape index (κ2) is 5.01. The maximum absolute atomic E-state index is 11.9. The zero-order valence-corrected chi connectivity index (χ0v) is 11.0. The van der Waals surface area contributed by atoms with Gasteiger partial charge in [-0.2, -0.15) is 0 Å². The van der Waals surface area contributed by atoms with Gasteiger partial charge in [0.1, 0.15) is 5.65 Å². The average Bonchev–Trinajstić information content (AvgIpc) is 3.04. The topological polar surface area (TPSA) is 58.4 Å². The molecule has 0 aromatic carbocycles. The fourth-order valence-corrected chi connectivity index (χ4v) is 2.45. The highest BCUT2D eigenvalue weighted by Crippen LogP contribution is 2.08. The van der Waals surface area contributed by atoms with Gasteiger partial charge in [-0.3, -0.25) is 4.79 Å². The summed E-state index contributed by atoms with van der Waals surface area (Å²) in [6, 6.07) is 3.99. The summed E-state index contributed by atoms with van der Waals surface area (Å²) in [5.74, 6) is 0.0748. The van der Waals surface area contributed by atoms with E-state index in [1.807, 2.05) is 35.9 Å². The number of pyridine rings is 1. The van der Waals surface area contributed by atoms with Crippen LogP contribution < -0.4 is 10.6 Å². The smallest absolute Gasteiger partial charge is 0.237 e. The lowest BCUT2D eigenvalue weighted by atomic mass is 10.2. The molecule has 0 spiro atoms. The third-order valence-electron chi connectivity index (χ3n) is 3.47. The van der Waals surface area contributed by atoms with Crippen LogP contribution in [0.2, 0.25) is 0 Å². The summed E-state index contributed by atoms with van der Waals surface area (Å²) in [6.07, 6.45) is 6.00. The molecule has 0 saturated carbocycles. The molecule has 0 radical (unpaired) electrons. The van der Waals surface area contributed by atoms with Crippen LogP contribution in [0.3, 0.4) is 0 Å². The van der Waals surface area contributed by atoms with Gasteiger partial charge in [0, 0.05) is 12.4 Å². The van der Waals surface area contributed by atoms with Crippen LogP contribution in [0.5, 0.6) is 0 Å². The van der Waals surface area contributed by atoms with E-state index in [1.165, 1.54) is 5.56 Å². The average molecular weight is 258 g/mol. The van der Waals surface area contributed by atoms with Crippen LogP contribution in [0, 0.1) is 6.92 Å². The van der Waals surface area contributed by atoms with E-state index < -0.39 is 0 Å². The number of hydrogen-bond donors (Lipinski definition) is 2. The number of fused-ring (bicyclic) bond motifs is 1. The predicted molar refractivity (Wildman–Crippen MR) is 72.8 cm³/mol. The molecule has 1 atom stereocenters. The highest BCUT2D eigenvalue weighted by atomic mass is 16.2. The van der Waals surface area contributed by atoms with E-state index in [1.54, 1.807) is 0 Å². The molecule has 19 heavy (non-hydrogen) atoms. The Bertz CT molecular complexity index is 599. The summed E-state index contributed by atoms with van der Waals surface area (Å²) >= 11 is 0. The molecule has 1 aliphatic heterocycles. The second-order valence-electron chi connectivity index (χ2n) is 5.07. The molecule has 1 aliphatic rings. The Morgan fingerprint density at radius 3 is 3.21 bits per heavy atom. The number of rotatable bonds is 3. The van der Waals surface area contributed by atoms with Crippen molar-refractivity contribution in [3.05, 3.63) is 35.8 Å². The number of hydrogen-bond acceptors (Lipinski definition) is 3. The zero-order chi connectivity index (χ0) is 13.2. The van der Waals surface area contributed by atoms with E-state index in [4.69, 9.17) is 0 Å². The number of aryl methyl sites for hydroxylation is 1. The van der Waals surface area contributed by atoms with Crippen molar-refractivity contribution in [2.45, 2.75) is 32.4 Å². The molecule has 100 valence electrons. The van der Waals surface area contributed by atoms with Crippen LogP contribution in [0.4, 0.5) is 0 Å². The summed E-state index contributed by atoms with van der Waals surface area (Å²) in [5.41, 5.74) is 2.99. The van der Waals surface area contributed by atoms with Gasteiger partial charge < -0.3 is 15.0 Å². The highest BCUT2D eigenvalue weighted by Gasteiger charge is 2.21. The summed E-state index contributed by atoms with van der Waals surface area (Å²) in [4.78, 5) is 16.4. The first kappa shape index (κ1) is 12.2. The molecule has 5 heteroatoms. The monoisotopic (exact) mass is 258 g/mol. The van der Waals surface area contributed by atoms with Crippen molar-refractivity contribution in [2.24, 2.45) is 0 Å². The maximum atomic E-state index is 11.9. The Morgan fingerprint density at radius 1 is 1.53 bits per heavy atom. The van der Waals surface area contributed by atoms with Crippen molar-refractivity contribution < 1.29 is 4.79 Å². The molecule has 2 N–H and O–H groups in total. The number of amides is 1. The molecule has 0 aliphatic carbocycles. The highest BCUT2D eigenvalue weighted by molar-refractivity contribution is 5.81. The minimum Gasteiger partial charge on any atom is -0.349 e. The second-order valence-corrected chi connectivity index (χ2v) is 5.07. The summed E-state index contributed by atoms with van der Waals surface area (Å²) < 4.78 is 1.99. The van der Waals surface area contributed by atoms with Gasteiger partial charge in [0.05, 0.1) is 18.3 Å². The molecule has 1 unspecified atom stereocenters. The van der Waals surface area contributed by atoms with Gasteiger partial charge in [-0.15, -0.1) is 0 Å². The molecule has 1 saturated heterocycles. The number of carbonyl (C=O) groups excluding carboxylic acids is 1. The van der Waals surface area contributed by atoms with E-state index in [2.05, 4.69) is 15.6 Å². The van der Waals surface area contributed by atoms with Gasteiger partial charge in [-0.25, -0.2) is 4.98 Å². The predicted octanol–water partition coefficient (Wildman–Crippen LogP) is 1.01. The molecular weight excluding hydrogens is 240 g/mol. The van der Waals surface area contributed by atoms with Gasteiger partial charge in [0.2, 0.25) is 5.91 Å². The maximum Gasteiger partial charge on any atom is 0.237 e. The number of nitrogens with zero attached hydrogens (tertiary/aromatic N) is 2. The number of nitrogens with one attached hydrogen (secondary N) is 2. The van der Waals surface area contributed by atoms with E-state index in [0.29, 0.717) is 6.54 Å². The van der Waals surface area contributed by atoms with Crippen molar-refractivity contribution >= 4 is 11.6 Å². The number of aromatic nitrogens is 2.